The molecule has 152 valence electrons. The first-order valence-corrected chi connectivity index (χ1v) is 10.2. The third kappa shape index (κ3) is 3.98. The summed E-state index contributed by atoms with van der Waals surface area (Å²) >= 11 is 0. The highest BCUT2D eigenvalue weighted by Gasteiger charge is 2.24. The molecule has 3 aromatic rings. The van der Waals surface area contributed by atoms with Crippen LogP contribution in [0.15, 0.2) is 48.5 Å². The number of piperazine rings is 1. The second-order valence-corrected chi connectivity index (χ2v) is 7.81. The average molecular weight is 393 g/mol. The van der Waals surface area contributed by atoms with Gasteiger partial charge in [0.25, 0.3) is 0 Å². The maximum Gasteiger partial charge on any atom is 0.225 e. The molecule has 1 fully saturated rings. The summed E-state index contributed by atoms with van der Waals surface area (Å²) in [6.45, 7) is 7.97. The fourth-order valence-electron chi connectivity index (χ4n) is 3.89. The topological polar surface area (TPSA) is 50.6 Å². The number of methoxy groups -OCH3 is 1. The van der Waals surface area contributed by atoms with Crippen molar-refractivity contribution in [3.63, 3.8) is 0 Å². The molecule has 29 heavy (non-hydrogen) atoms. The molecule has 6 nitrogen and oxygen atoms in total. The Morgan fingerprint density at radius 1 is 1.03 bits per heavy atom. The maximum atomic E-state index is 12.3. The molecule has 0 aliphatic carbocycles. The first kappa shape index (κ1) is 19.5. The Morgan fingerprint density at radius 3 is 2.38 bits per heavy atom. The predicted octanol–water partition coefficient (Wildman–Crippen LogP) is 3.33. The van der Waals surface area contributed by atoms with Crippen LogP contribution in [0.5, 0.6) is 5.75 Å². The average Bonchev–Trinajstić information content (AvgIpc) is 3.11. The van der Waals surface area contributed by atoms with Gasteiger partial charge in [0, 0.05) is 37.8 Å². The van der Waals surface area contributed by atoms with Crippen molar-refractivity contribution in [1.82, 2.24) is 19.4 Å². The molecule has 0 spiro atoms. The van der Waals surface area contributed by atoms with Crippen LogP contribution in [0.3, 0.4) is 0 Å². The predicted molar refractivity (Wildman–Crippen MR) is 114 cm³/mol. The lowest BCUT2D eigenvalue weighted by molar-refractivity contribution is -0.136. The van der Waals surface area contributed by atoms with Gasteiger partial charge >= 0.3 is 0 Å². The summed E-state index contributed by atoms with van der Waals surface area (Å²) in [5, 5.41) is 0. The van der Waals surface area contributed by atoms with E-state index in [0.29, 0.717) is 0 Å². The van der Waals surface area contributed by atoms with Gasteiger partial charge in [0.15, 0.2) is 0 Å². The van der Waals surface area contributed by atoms with Crippen molar-refractivity contribution < 1.29 is 9.53 Å². The van der Waals surface area contributed by atoms with Crippen molar-refractivity contribution in [1.29, 1.82) is 0 Å². The van der Waals surface area contributed by atoms with Crippen LogP contribution in [0, 0.1) is 5.92 Å². The summed E-state index contributed by atoms with van der Waals surface area (Å²) < 4.78 is 7.53. The van der Waals surface area contributed by atoms with E-state index in [1.165, 1.54) is 0 Å². The lowest BCUT2D eigenvalue weighted by Gasteiger charge is -2.35. The Balaban J connectivity index is 1.58. The summed E-state index contributed by atoms with van der Waals surface area (Å²) in [6.07, 6.45) is 0. The molecule has 1 aliphatic rings. The standard InChI is InChI=1S/C23H28N4O2/c1-17(2)23(28)26-14-12-25(13-15-26)16-22-24-20-6-4-5-7-21(20)27(22)18-8-10-19(29-3)11-9-18/h4-11,17H,12-16H2,1-3H3. The molecule has 2 heterocycles. The Hall–Kier alpha value is -2.86. The van der Waals surface area contributed by atoms with Gasteiger partial charge in [0.2, 0.25) is 5.91 Å². The van der Waals surface area contributed by atoms with Gasteiger partial charge in [0.1, 0.15) is 11.6 Å². The van der Waals surface area contributed by atoms with Crippen LogP contribution in [0.2, 0.25) is 0 Å². The number of hydrogen-bond acceptors (Lipinski definition) is 4. The first-order chi connectivity index (χ1) is 14.1. The number of rotatable bonds is 5. The summed E-state index contributed by atoms with van der Waals surface area (Å²) in [4.78, 5) is 21.5. The number of nitrogens with zero attached hydrogens (tertiary/aromatic N) is 4. The first-order valence-electron chi connectivity index (χ1n) is 10.2. The highest BCUT2D eigenvalue weighted by molar-refractivity contribution is 5.79. The second kappa shape index (κ2) is 8.25. The van der Waals surface area contributed by atoms with E-state index < -0.39 is 0 Å². The number of amides is 1. The summed E-state index contributed by atoms with van der Waals surface area (Å²) in [6, 6.07) is 16.3. The highest BCUT2D eigenvalue weighted by Crippen LogP contribution is 2.24. The lowest BCUT2D eigenvalue weighted by Crippen LogP contribution is -2.49. The van der Waals surface area contributed by atoms with E-state index in [1.807, 2.05) is 43.0 Å². The minimum atomic E-state index is 0.0563. The van der Waals surface area contributed by atoms with Gasteiger partial charge in [0.05, 0.1) is 24.7 Å². The van der Waals surface area contributed by atoms with Gasteiger partial charge in [-0.2, -0.15) is 0 Å². The Bertz CT molecular complexity index is 986. The molecule has 1 aliphatic heterocycles. The van der Waals surface area contributed by atoms with Gasteiger partial charge < -0.3 is 9.64 Å². The van der Waals surface area contributed by atoms with E-state index >= 15 is 0 Å². The number of carbonyl (C=O) groups is 1. The quantitative estimate of drug-likeness (QED) is 0.668. The summed E-state index contributed by atoms with van der Waals surface area (Å²) in [5.41, 5.74) is 3.16. The van der Waals surface area contributed by atoms with Gasteiger partial charge in [-0.05, 0) is 36.4 Å². The van der Waals surface area contributed by atoms with Crippen LogP contribution in [-0.2, 0) is 11.3 Å². The molecule has 0 bridgehead atoms. The van der Waals surface area contributed by atoms with Crippen LogP contribution in [-0.4, -0.2) is 58.5 Å². The number of carbonyl (C=O) groups excluding carboxylic acids is 1. The van der Waals surface area contributed by atoms with Crippen molar-refractivity contribution in [2.24, 2.45) is 5.92 Å². The molecule has 6 heteroatoms. The molecule has 1 amide bonds. The minimum Gasteiger partial charge on any atom is -0.497 e. The fourth-order valence-corrected chi connectivity index (χ4v) is 3.89. The number of para-hydroxylation sites is 2. The maximum absolute atomic E-state index is 12.3. The van der Waals surface area contributed by atoms with Gasteiger partial charge in [-0.3, -0.25) is 14.3 Å². The zero-order valence-corrected chi connectivity index (χ0v) is 17.3. The van der Waals surface area contributed by atoms with Gasteiger partial charge in [-0.1, -0.05) is 26.0 Å². The number of aromatic nitrogens is 2. The van der Waals surface area contributed by atoms with E-state index in [0.717, 1.165) is 61.0 Å². The van der Waals surface area contributed by atoms with Crippen LogP contribution in [0.4, 0.5) is 0 Å². The number of imidazole rings is 1. The van der Waals surface area contributed by atoms with Crippen LogP contribution < -0.4 is 4.74 Å². The molecule has 2 aromatic carbocycles. The van der Waals surface area contributed by atoms with E-state index in [2.05, 4.69) is 33.7 Å². The summed E-state index contributed by atoms with van der Waals surface area (Å²) in [5.74, 6) is 2.15. The van der Waals surface area contributed by atoms with Crippen molar-refractivity contribution >= 4 is 16.9 Å². The molecular weight excluding hydrogens is 364 g/mol. The van der Waals surface area contributed by atoms with Crippen molar-refractivity contribution in [3.8, 4) is 11.4 Å². The summed E-state index contributed by atoms with van der Waals surface area (Å²) in [7, 11) is 1.68. The number of ether oxygens (including phenoxy) is 1. The zero-order chi connectivity index (χ0) is 20.4. The number of benzene rings is 2. The van der Waals surface area contributed by atoms with Gasteiger partial charge in [-0.15, -0.1) is 0 Å². The van der Waals surface area contributed by atoms with E-state index in [4.69, 9.17) is 9.72 Å². The molecular formula is C23H28N4O2. The highest BCUT2D eigenvalue weighted by atomic mass is 16.5. The molecule has 4 rings (SSSR count). The van der Waals surface area contributed by atoms with Crippen molar-refractivity contribution in [2.75, 3.05) is 33.3 Å². The zero-order valence-electron chi connectivity index (χ0n) is 17.3. The van der Waals surface area contributed by atoms with E-state index in [-0.39, 0.29) is 11.8 Å². The SMILES string of the molecule is COc1ccc(-n2c(CN3CCN(C(=O)C(C)C)CC3)nc3ccccc32)cc1. The third-order valence-electron chi connectivity index (χ3n) is 5.50. The molecule has 0 N–H and O–H groups in total. The Morgan fingerprint density at radius 2 is 1.72 bits per heavy atom. The van der Waals surface area contributed by atoms with Gasteiger partial charge in [-0.25, -0.2) is 4.98 Å². The fraction of sp³-hybridized carbons (Fsp3) is 0.391. The molecule has 0 atom stereocenters. The largest absolute Gasteiger partial charge is 0.497 e. The van der Waals surface area contributed by atoms with E-state index in [9.17, 15) is 4.79 Å². The normalized spacial score (nSPS) is 15.2. The Labute approximate surface area is 171 Å². The molecule has 0 unspecified atom stereocenters. The van der Waals surface area contributed by atoms with Crippen molar-refractivity contribution in [3.05, 3.63) is 54.4 Å². The molecule has 1 saturated heterocycles. The Kier molecular flexibility index (Phi) is 5.53. The molecule has 1 aromatic heterocycles. The third-order valence-corrected chi connectivity index (χ3v) is 5.50. The smallest absolute Gasteiger partial charge is 0.225 e. The van der Waals surface area contributed by atoms with Crippen molar-refractivity contribution in [2.45, 2.75) is 20.4 Å². The van der Waals surface area contributed by atoms with Crippen LogP contribution in [0.25, 0.3) is 16.7 Å². The lowest BCUT2D eigenvalue weighted by atomic mass is 10.1. The van der Waals surface area contributed by atoms with Crippen LogP contribution in [0.1, 0.15) is 19.7 Å². The molecule has 0 saturated carbocycles. The van der Waals surface area contributed by atoms with Crippen LogP contribution >= 0.6 is 0 Å². The minimum absolute atomic E-state index is 0.0563. The number of hydrogen-bond donors (Lipinski definition) is 0. The second-order valence-electron chi connectivity index (χ2n) is 7.81. The van der Waals surface area contributed by atoms with E-state index in [1.54, 1.807) is 7.11 Å². The molecule has 0 radical (unpaired) electrons. The number of fused-ring (bicyclic) bond motifs is 1. The monoisotopic (exact) mass is 392 g/mol.